The van der Waals surface area contributed by atoms with Gasteiger partial charge in [0.05, 0.1) is 17.0 Å². The zero-order valence-corrected chi connectivity index (χ0v) is 23.4. The molecule has 2 aromatic carbocycles. The maximum atomic E-state index is 13.8. The molecule has 2 heterocycles. The number of carboxylic acids is 1. The summed E-state index contributed by atoms with van der Waals surface area (Å²) < 4.78 is 0.815. The number of nitrogens with two attached hydrogens (primary N) is 1. The van der Waals surface area contributed by atoms with Gasteiger partial charge in [-0.15, -0.1) is 0 Å². The molecule has 4 N–H and O–H groups in total. The van der Waals surface area contributed by atoms with Crippen molar-refractivity contribution in [3.63, 3.8) is 0 Å². The number of fused-ring (bicyclic) bond motifs is 1. The summed E-state index contributed by atoms with van der Waals surface area (Å²) in [5.74, 6) is -1.42. The quantitative estimate of drug-likeness (QED) is 0.316. The first-order valence-electron chi connectivity index (χ1n) is 12.5. The Morgan fingerprint density at radius 1 is 1.26 bits per heavy atom. The highest BCUT2D eigenvalue weighted by atomic mass is 79.9. The smallest absolute Gasteiger partial charge is 0.303 e. The number of piperidine rings is 1. The van der Waals surface area contributed by atoms with Gasteiger partial charge in [0.1, 0.15) is 5.82 Å². The predicted octanol–water partition coefficient (Wildman–Crippen LogP) is 5.04. The molecule has 3 aromatic rings. The molecular formula is C28H30BrClN4O4. The second kappa shape index (κ2) is 12.1. The van der Waals surface area contributed by atoms with Crippen LogP contribution in [0.25, 0.3) is 10.9 Å². The van der Waals surface area contributed by atoms with E-state index in [9.17, 15) is 19.5 Å². The van der Waals surface area contributed by atoms with E-state index in [0.717, 1.165) is 22.9 Å². The number of nitrogens with one attached hydrogen (secondary N) is 1. The van der Waals surface area contributed by atoms with E-state index in [1.807, 2.05) is 48.2 Å². The molecular weight excluding hydrogens is 572 g/mol. The number of hydrogen-bond acceptors (Lipinski definition) is 5. The molecule has 0 radical (unpaired) electrons. The van der Waals surface area contributed by atoms with Crippen molar-refractivity contribution in [3.8, 4) is 0 Å². The summed E-state index contributed by atoms with van der Waals surface area (Å²) in [6, 6.07) is 12.9. The van der Waals surface area contributed by atoms with Gasteiger partial charge in [0, 0.05) is 52.4 Å². The maximum absolute atomic E-state index is 13.8. The van der Waals surface area contributed by atoms with Crippen molar-refractivity contribution in [3.05, 3.63) is 68.7 Å². The Balaban J connectivity index is 1.68. The van der Waals surface area contributed by atoms with Crippen LogP contribution in [0.2, 0.25) is 5.02 Å². The molecule has 1 aliphatic heterocycles. The number of pyridine rings is 1. The van der Waals surface area contributed by atoms with Crippen LogP contribution in [0.5, 0.6) is 0 Å². The van der Waals surface area contributed by atoms with E-state index >= 15 is 0 Å². The number of halogens is 2. The van der Waals surface area contributed by atoms with E-state index < -0.39 is 5.97 Å². The zero-order chi connectivity index (χ0) is 27.4. The van der Waals surface area contributed by atoms with Gasteiger partial charge >= 0.3 is 5.97 Å². The number of aromatic nitrogens is 1. The van der Waals surface area contributed by atoms with Crippen molar-refractivity contribution in [1.82, 2.24) is 10.3 Å². The van der Waals surface area contributed by atoms with Gasteiger partial charge in [0.25, 0.3) is 5.91 Å². The number of amides is 2. The fraction of sp³-hybridized carbons (Fsp3) is 0.357. The number of carbonyl (C=O) groups is 3. The Bertz CT molecular complexity index is 1380. The third-order valence-electron chi connectivity index (χ3n) is 7.08. The average Bonchev–Trinajstić information content (AvgIpc) is 2.88. The minimum Gasteiger partial charge on any atom is -0.481 e. The molecule has 2 amide bonds. The normalized spacial score (nSPS) is 16.3. The van der Waals surface area contributed by atoms with E-state index in [4.69, 9.17) is 22.3 Å². The molecule has 1 aromatic heterocycles. The van der Waals surface area contributed by atoms with Crippen molar-refractivity contribution in [2.45, 2.75) is 38.5 Å². The Morgan fingerprint density at radius 2 is 2.03 bits per heavy atom. The molecule has 0 saturated carbocycles. The van der Waals surface area contributed by atoms with Crippen LogP contribution in [0.1, 0.15) is 53.1 Å². The maximum Gasteiger partial charge on any atom is 0.303 e. The summed E-state index contributed by atoms with van der Waals surface area (Å²) in [5, 5.41) is 13.5. The summed E-state index contributed by atoms with van der Waals surface area (Å²) in [6.45, 7) is 3.25. The summed E-state index contributed by atoms with van der Waals surface area (Å²) in [4.78, 5) is 43.8. The molecule has 1 saturated heterocycles. The molecule has 10 heteroatoms. The molecule has 2 unspecified atom stereocenters. The van der Waals surface area contributed by atoms with Crippen molar-refractivity contribution >= 4 is 62.0 Å². The minimum atomic E-state index is -0.908. The average molecular weight is 602 g/mol. The van der Waals surface area contributed by atoms with Crippen LogP contribution in [0.3, 0.4) is 0 Å². The molecule has 4 rings (SSSR count). The van der Waals surface area contributed by atoms with E-state index in [-0.39, 0.29) is 36.6 Å². The summed E-state index contributed by atoms with van der Waals surface area (Å²) in [6.07, 6.45) is 1.82. The molecule has 2 atom stereocenters. The third kappa shape index (κ3) is 6.27. The first kappa shape index (κ1) is 27.9. The van der Waals surface area contributed by atoms with Crippen molar-refractivity contribution in [2.24, 2.45) is 11.7 Å². The largest absolute Gasteiger partial charge is 0.481 e. The molecule has 0 bridgehead atoms. The Hall–Kier alpha value is -3.17. The van der Waals surface area contributed by atoms with Crippen LogP contribution in [-0.2, 0) is 9.59 Å². The predicted molar refractivity (Wildman–Crippen MR) is 152 cm³/mol. The van der Waals surface area contributed by atoms with Gasteiger partial charge in [0.2, 0.25) is 5.91 Å². The lowest BCUT2D eigenvalue weighted by atomic mass is 9.93. The number of carbonyl (C=O) groups excluding carboxylic acids is 2. The molecule has 1 fully saturated rings. The Morgan fingerprint density at radius 3 is 2.74 bits per heavy atom. The van der Waals surface area contributed by atoms with Crippen LogP contribution >= 0.6 is 27.5 Å². The highest BCUT2D eigenvalue weighted by molar-refractivity contribution is 9.10. The SMILES string of the molecule is Cc1c(N2CCCC(C(N)=O)C2)nc2ccc(Br)cc2c1C(=O)NCC(CCC(=O)O)c1ccccc1Cl. The van der Waals surface area contributed by atoms with E-state index in [1.165, 1.54) is 0 Å². The molecule has 8 nitrogen and oxygen atoms in total. The summed E-state index contributed by atoms with van der Waals surface area (Å²) in [5.41, 5.74) is 8.25. The molecule has 0 spiro atoms. The van der Waals surface area contributed by atoms with Crippen LogP contribution in [0.4, 0.5) is 5.82 Å². The van der Waals surface area contributed by atoms with Crippen LogP contribution < -0.4 is 16.0 Å². The lowest BCUT2D eigenvalue weighted by molar-refractivity contribution is -0.137. The van der Waals surface area contributed by atoms with E-state index in [2.05, 4.69) is 21.2 Å². The lowest BCUT2D eigenvalue weighted by Gasteiger charge is -2.33. The summed E-state index contributed by atoms with van der Waals surface area (Å²) in [7, 11) is 0. The third-order valence-corrected chi connectivity index (χ3v) is 7.91. The van der Waals surface area contributed by atoms with E-state index in [0.29, 0.717) is 52.4 Å². The molecule has 0 aliphatic carbocycles. The second-order valence-electron chi connectivity index (χ2n) is 9.65. The van der Waals surface area contributed by atoms with Crippen LogP contribution in [0.15, 0.2) is 46.9 Å². The van der Waals surface area contributed by atoms with Crippen molar-refractivity contribution < 1.29 is 19.5 Å². The van der Waals surface area contributed by atoms with Gasteiger partial charge in [-0.05, 0) is 56.0 Å². The summed E-state index contributed by atoms with van der Waals surface area (Å²) >= 11 is 9.92. The van der Waals surface area contributed by atoms with Gasteiger partial charge in [0.15, 0.2) is 0 Å². The van der Waals surface area contributed by atoms with Crippen LogP contribution in [0, 0.1) is 12.8 Å². The molecule has 38 heavy (non-hydrogen) atoms. The number of primary amides is 1. The molecule has 200 valence electrons. The Kier molecular flexibility index (Phi) is 8.89. The standard InChI is InChI=1S/C28H30BrClN4O4/c1-16-25(28(38)32-14-17(8-11-24(35)36)20-6-2-3-7-22(20)30)21-13-19(29)9-10-23(21)33-27(16)34-12-4-5-18(15-34)26(31)37/h2-3,6-7,9-10,13,17-18H,4-5,8,11-12,14-15H2,1H3,(H2,31,37)(H,32,38)(H,35,36). The zero-order valence-electron chi connectivity index (χ0n) is 21.0. The molecule has 1 aliphatic rings. The number of rotatable bonds is 9. The minimum absolute atomic E-state index is 0.0456. The van der Waals surface area contributed by atoms with E-state index in [1.54, 1.807) is 6.07 Å². The van der Waals surface area contributed by atoms with Crippen molar-refractivity contribution in [2.75, 3.05) is 24.5 Å². The van der Waals surface area contributed by atoms with Gasteiger partial charge in [-0.25, -0.2) is 4.98 Å². The highest BCUT2D eigenvalue weighted by Gasteiger charge is 2.28. The Labute approximate surface area is 234 Å². The van der Waals surface area contributed by atoms with Gasteiger partial charge in [-0.3, -0.25) is 14.4 Å². The monoisotopic (exact) mass is 600 g/mol. The number of carboxylic acid groups (broad SMARTS) is 1. The first-order chi connectivity index (χ1) is 18.2. The van der Waals surface area contributed by atoms with Gasteiger partial charge < -0.3 is 21.1 Å². The fourth-order valence-electron chi connectivity index (χ4n) is 5.10. The van der Waals surface area contributed by atoms with Gasteiger partial charge in [-0.2, -0.15) is 0 Å². The highest BCUT2D eigenvalue weighted by Crippen LogP contribution is 2.33. The first-order valence-corrected chi connectivity index (χ1v) is 13.7. The number of nitrogens with zero attached hydrogens (tertiary/aromatic N) is 2. The number of aliphatic carboxylic acids is 1. The number of hydrogen-bond donors (Lipinski definition) is 3. The van der Waals surface area contributed by atoms with Gasteiger partial charge in [-0.1, -0.05) is 45.7 Å². The number of benzene rings is 2. The second-order valence-corrected chi connectivity index (χ2v) is 11.0. The van der Waals surface area contributed by atoms with Crippen LogP contribution in [-0.4, -0.2) is 47.5 Å². The van der Waals surface area contributed by atoms with Crippen molar-refractivity contribution in [1.29, 1.82) is 0 Å². The topological polar surface area (TPSA) is 126 Å². The number of anilines is 1. The lowest BCUT2D eigenvalue weighted by Crippen LogP contribution is -2.42. The fourth-order valence-corrected chi connectivity index (χ4v) is 5.75.